The van der Waals surface area contributed by atoms with E-state index >= 15 is 0 Å². The SMILES string of the molecule is CCCCN(CC(=O)Nc1cc(C(C)(C)C)nn1-c1ccccc1Cl)C(=O)COc1ccccc1. The van der Waals surface area contributed by atoms with Crippen LogP contribution >= 0.6 is 11.6 Å². The first-order valence-electron chi connectivity index (χ1n) is 11.8. The zero-order chi connectivity index (χ0) is 25.4. The number of nitrogens with zero attached hydrogens (tertiary/aromatic N) is 3. The van der Waals surface area contributed by atoms with Crippen molar-refractivity contribution in [3.8, 4) is 11.4 Å². The zero-order valence-electron chi connectivity index (χ0n) is 20.8. The third-order valence-corrected chi connectivity index (χ3v) is 5.72. The second-order valence-electron chi connectivity index (χ2n) is 9.35. The summed E-state index contributed by atoms with van der Waals surface area (Å²) in [5, 5.41) is 8.16. The van der Waals surface area contributed by atoms with Crippen LogP contribution in [0.2, 0.25) is 5.02 Å². The number of anilines is 1. The summed E-state index contributed by atoms with van der Waals surface area (Å²) >= 11 is 6.42. The second-order valence-corrected chi connectivity index (χ2v) is 9.75. The molecule has 2 amide bonds. The number of ether oxygens (including phenoxy) is 1. The molecule has 1 N–H and O–H groups in total. The summed E-state index contributed by atoms with van der Waals surface area (Å²) in [6.45, 7) is 8.45. The number of rotatable bonds is 10. The molecule has 0 aliphatic rings. The number of hydrogen-bond acceptors (Lipinski definition) is 4. The van der Waals surface area contributed by atoms with Gasteiger partial charge in [0.05, 0.1) is 16.4 Å². The van der Waals surface area contributed by atoms with Gasteiger partial charge in [-0.1, -0.05) is 76.0 Å². The number of hydrogen-bond donors (Lipinski definition) is 1. The Morgan fingerprint density at radius 3 is 2.43 bits per heavy atom. The molecule has 3 rings (SSSR count). The molecule has 8 heteroatoms. The Morgan fingerprint density at radius 2 is 1.77 bits per heavy atom. The summed E-state index contributed by atoms with van der Waals surface area (Å²) in [7, 11) is 0. The highest BCUT2D eigenvalue weighted by Gasteiger charge is 2.24. The van der Waals surface area contributed by atoms with Crippen LogP contribution in [-0.2, 0) is 15.0 Å². The largest absolute Gasteiger partial charge is 0.484 e. The quantitative estimate of drug-likeness (QED) is 0.404. The van der Waals surface area contributed by atoms with Gasteiger partial charge in [-0.2, -0.15) is 5.10 Å². The van der Waals surface area contributed by atoms with E-state index in [0.29, 0.717) is 28.8 Å². The summed E-state index contributed by atoms with van der Waals surface area (Å²) < 4.78 is 7.24. The molecule has 3 aromatic rings. The molecule has 0 unspecified atom stereocenters. The highest BCUT2D eigenvalue weighted by Crippen LogP contribution is 2.29. The van der Waals surface area contributed by atoms with E-state index in [1.54, 1.807) is 22.9 Å². The normalized spacial score (nSPS) is 11.2. The Bertz CT molecular complexity index is 1140. The van der Waals surface area contributed by atoms with Gasteiger partial charge in [-0.25, -0.2) is 4.68 Å². The van der Waals surface area contributed by atoms with Crippen molar-refractivity contribution >= 4 is 29.2 Å². The fourth-order valence-corrected chi connectivity index (χ4v) is 3.61. The Labute approximate surface area is 212 Å². The van der Waals surface area contributed by atoms with Crippen LogP contribution in [0.3, 0.4) is 0 Å². The molecule has 0 aliphatic carbocycles. The van der Waals surface area contributed by atoms with Crippen molar-refractivity contribution in [2.45, 2.75) is 46.0 Å². The van der Waals surface area contributed by atoms with Crippen LogP contribution in [0.4, 0.5) is 5.82 Å². The Balaban J connectivity index is 1.76. The van der Waals surface area contributed by atoms with Gasteiger partial charge in [-0.05, 0) is 30.7 Å². The third-order valence-electron chi connectivity index (χ3n) is 5.40. The number of amides is 2. The van der Waals surface area contributed by atoms with Crippen LogP contribution in [0.15, 0.2) is 60.7 Å². The van der Waals surface area contributed by atoms with E-state index < -0.39 is 0 Å². The lowest BCUT2D eigenvalue weighted by molar-refractivity contribution is -0.136. The number of unbranched alkanes of at least 4 members (excludes halogenated alkanes) is 1. The van der Waals surface area contributed by atoms with Crippen molar-refractivity contribution in [3.63, 3.8) is 0 Å². The summed E-state index contributed by atoms with van der Waals surface area (Å²) in [6.07, 6.45) is 1.69. The highest BCUT2D eigenvalue weighted by molar-refractivity contribution is 6.32. The van der Waals surface area contributed by atoms with Crippen LogP contribution < -0.4 is 10.1 Å². The zero-order valence-corrected chi connectivity index (χ0v) is 21.5. The van der Waals surface area contributed by atoms with Gasteiger partial charge in [-0.15, -0.1) is 0 Å². The second kappa shape index (κ2) is 11.9. The molecule has 186 valence electrons. The van der Waals surface area contributed by atoms with Crippen molar-refractivity contribution < 1.29 is 14.3 Å². The van der Waals surface area contributed by atoms with Crippen molar-refractivity contribution in [2.75, 3.05) is 25.0 Å². The van der Waals surface area contributed by atoms with E-state index in [2.05, 4.69) is 26.1 Å². The summed E-state index contributed by atoms with van der Waals surface area (Å²) in [5.74, 6) is 0.547. The van der Waals surface area contributed by atoms with E-state index in [1.807, 2.05) is 49.4 Å². The van der Waals surface area contributed by atoms with E-state index in [1.165, 1.54) is 4.90 Å². The summed E-state index contributed by atoms with van der Waals surface area (Å²) in [6, 6.07) is 18.3. The van der Waals surface area contributed by atoms with Crippen molar-refractivity contribution in [3.05, 3.63) is 71.4 Å². The van der Waals surface area contributed by atoms with Gasteiger partial charge >= 0.3 is 0 Å². The average Bonchev–Trinajstić information content (AvgIpc) is 3.25. The van der Waals surface area contributed by atoms with Gasteiger partial charge in [0.25, 0.3) is 5.91 Å². The van der Waals surface area contributed by atoms with Crippen molar-refractivity contribution in [1.82, 2.24) is 14.7 Å². The predicted octanol–water partition coefficient (Wildman–Crippen LogP) is 5.47. The fraction of sp³-hybridized carbons (Fsp3) is 0.370. The Morgan fingerprint density at radius 1 is 1.09 bits per heavy atom. The number of halogens is 1. The molecule has 0 radical (unpaired) electrons. The molecule has 0 bridgehead atoms. The minimum Gasteiger partial charge on any atom is -0.484 e. The third kappa shape index (κ3) is 7.33. The number of aromatic nitrogens is 2. The maximum Gasteiger partial charge on any atom is 0.260 e. The Kier molecular flexibility index (Phi) is 8.93. The van der Waals surface area contributed by atoms with Crippen LogP contribution in [0.25, 0.3) is 5.69 Å². The van der Waals surface area contributed by atoms with Gasteiger partial charge in [0.15, 0.2) is 6.61 Å². The first-order chi connectivity index (χ1) is 16.7. The van der Waals surface area contributed by atoms with Crippen LogP contribution in [0, 0.1) is 0 Å². The van der Waals surface area contributed by atoms with E-state index in [-0.39, 0.29) is 30.4 Å². The number of para-hydroxylation sites is 2. The molecule has 7 nitrogen and oxygen atoms in total. The van der Waals surface area contributed by atoms with Gasteiger partial charge in [-0.3, -0.25) is 9.59 Å². The molecule has 35 heavy (non-hydrogen) atoms. The van der Waals surface area contributed by atoms with Gasteiger partial charge in [0, 0.05) is 18.0 Å². The van der Waals surface area contributed by atoms with Gasteiger partial charge in [0.1, 0.15) is 18.1 Å². The van der Waals surface area contributed by atoms with E-state index in [4.69, 9.17) is 21.4 Å². The molecule has 0 saturated heterocycles. The van der Waals surface area contributed by atoms with Gasteiger partial charge in [0.2, 0.25) is 5.91 Å². The maximum absolute atomic E-state index is 13.1. The van der Waals surface area contributed by atoms with E-state index in [9.17, 15) is 9.59 Å². The van der Waals surface area contributed by atoms with Crippen LogP contribution in [0.1, 0.15) is 46.2 Å². The molecule has 0 spiro atoms. The van der Waals surface area contributed by atoms with Crippen LogP contribution in [0.5, 0.6) is 5.75 Å². The molecule has 2 aromatic carbocycles. The standard InChI is InChI=1S/C27H33ClN4O3/c1-5-6-16-31(26(34)19-35-20-12-8-7-9-13-20)18-25(33)29-24-17-23(27(2,3)4)30-32(24)22-15-11-10-14-21(22)28/h7-15,17H,5-6,16,18-19H2,1-4H3,(H,29,33). The van der Waals surface area contributed by atoms with Gasteiger partial charge < -0.3 is 15.0 Å². The minimum absolute atomic E-state index is 0.0878. The summed E-state index contributed by atoms with van der Waals surface area (Å²) in [4.78, 5) is 27.5. The first-order valence-corrected chi connectivity index (χ1v) is 12.2. The average molecular weight is 497 g/mol. The van der Waals surface area contributed by atoms with Crippen molar-refractivity contribution in [1.29, 1.82) is 0 Å². The highest BCUT2D eigenvalue weighted by atomic mass is 35.5. The maximum atomic E-state index is 13.1. The number of carbonyl (C=O) groups excluding carboxylic acids is 2. The predicted molar refractivity (Wildman–Crippen MR) is 139 cm³/mol. The minimum atomic E-state index is -0.317. The lowest BCUT2D eigenvalue weighted by Gasteiger charge is -2.22. The first kappa shape index (κ1) is 26.3. The summed E-state index contributed by atoms with van der Waals surface area (Å²) in [5.41, 5.74) is 1.24. The molecule has 0 aliphatic heterocycles. The smallest absolute Gasteiger partial charge is 0.260 e. The van der Waals surface area contributed by atoms with Crippen molar-refractivity contribution in [2.24, 2.45) is 0 Å². The number of benzene rings is 2. The molecule has 0 atom stereocenters. The molecule has 0 saturated carbocycles. The lowest BCUT2D eigenvalue weighted by Crippen LogP contribution is -2.41. The lowest BCUT2D eigenvalue weighted by atomic mass is 9.92. The topological polar surface area (TPSA) is 76.5 Å². The number of carbonyl (C=O) groups is 2. The Hall–Kier alpha value is -3.32. The molecular formula is C27H33ClN4O3. The molecular weight excluding hydrogens is 464 g/mol. The van der Waals surface area contributed by atoms with E-state index in [0.717, 1.165) is 18.5 Å². The molecule has 1 heterocycles. The monoisotopic (exact) mass is 496 g/mol. The molecule has 1 aromatic heterocycles. The number of nitrogens with one attached hydrogen (secondary N) is 1. The van der Waals surface area contributed by atoms with Crippen LogP contribution in [-0.4, -0.2) is 46.2 Å². The molecule has 0 fully saturated rings. The fourth-order valence-electron chi connectivity index (χ4n) is 3.39.